The van der Waals surface area contributed by atoms with Gasteiger partial charge in [0.2, 0.25) is 15.9 Å². The van der Waals surface area contributed by atoms with Gasteiger partial charge in [-0.1, -0.05) is 24.3 Å². The summed E-state index contributed by atoms with van der Waals surface area (Å²) in [5.74, 6) is 0.143. The Morgan fingerprint density at radius 3 is 2.54 bits per heavy atom. The molecule has 144 valence electrons. The van der Waals surface area contributed by atoms with E-state index in [-0.39, 0.29) is 29.0 Å². The van der Waals surface area contributed by atoms with E-state index in [0.29, 0.717) is 6.54 Å². The fourth-order valence-corrected chi connectivity index (χ4v) is 5.47. The van der Waals surface area contributed by atoms with Crippen LogP contribution in [0.5, 0.6) is 0 Å². The Morgan fingerprint density at radius 1 is 1.23 bits per heavy atom. The first kappa shape index (κ1) is 19.3. The summed E-state index contributed by atoms with van der Waals surface area (Å²) in [6.45, 7) is 5.96. The Bertz CT molecular complexity index is 755. The maximum atomic E-state index is 12.5. The highest BCUT2D eigenvalue weighted by molar-refractivity contribution is 7.88. The average molecular weight is 380 g/mol. The number of hydrogen-bond donors (Lipinski definition) is 3. The van der Waals surface area contributed by atoms with Crippen LogP contribution < -0.4 is 15.4 Å². The first-order chi connectivity index (χ1) is 12.3. The smallest absolute Gasteiger partial charge is 0.223 e. The Morgan fingerprint density at radius 2 is 1.88 bits per heavy atom. The highest BCUT2D eigenvalue weighted by Crippen LogP contribution is 2.58. The largest absolute Gasteiger partial charge is 0.352 e. The standard InChI is InChI=1S/C19H29N3O3S/c1-14(2)22-26(24,25)13-16-6-4-3-5-15(16)12-21-18(23)17-11-19(17)7-9-20-10-8-19/h3-6,14,17,20,22H,7-13H2,1-2H3,(H,21,23). The number of sulfonamides is 1. The molecule has 3 rings (SSSR count). The molecule has 1 amide bonds. The Kier molecular flexibility index (Phi) is 5.69. The number of hydrogen-bond acceptors (Lipinski definition) is 4. The molecule has 1 saturated carbocycles. The monoisotopic (exact) mass is 379 g/mol. The predicted molar refractivity (Wildman–Crippen MR) is 102 cm³/mol. The number of rotatable bonds is 7. The quantitative estimate of drug-likeness (QED) is 0.670. The van der Waals surface area contributed by atoms with E-state index in [0.717, 1.165) is 43.5 Å². The molecule has 1 unspecified atom stereocenters. The minimum absolute atomic E-state index is 0.0732. The lowest BCUT2D eigenvalue weighted by molar-refractivity contribution is -0.123. The van der Waals surface area contributed by atoms with Crippen LogP contribution in [-0.4, -0.2) is 33.5 Å². The van der Waals surface area contributed by atoms with Gasteiger partial charge in [0.25, 0.3) is 0 Å². The number of carbonyl (C=O) groups excluding carboxylic acids is 1. The van der Waals surface area contributed by atoms with Crippen molar-refractivity contribution in [2.45, 2.75) is 51.4 Å². The van der Waals surface area contributed by atoms with Crippen LogP contribution >= 0.6 is 0 Å². The maximum Gasteiger partial charge on any atom is 0.223 e. The zero-order chi connectivity index (χ0) is 18.8. The third-order valence-corrected chi connectivity index (χ3v) is 6.96. The summed E-state index contributed by atoms with van der Waals surface area (Å²) in [4.78, 5) is 12.5. The molecular formula is C19H29N3O3S. The SMILES string of the molecule is CC(C)NS(=O)(=O)Cc1ccccc1CNC(=O)C1CC12CCNCC2. The minimum Gasteiger partial charge on any atom is -0.352 e. The number of amides is 1. The molecule has 1 atom stereocenters. The van der Waals surface area contributed by atoms with Gasteiger partial charge in [-0.2, -0.15) is 0 Å². The zero-order valence-corrected chi connectivity index (χ0v) is 16.4. The summed E-state index contributed by atoms with van der Waals surface area (Å²) in [7, 11) is -3.39. The fraction of sp³-hybridized carbons (Fsp3) is 0.632. The molecule has 6 nitrogen and oxygen atoms in total. The molecule has 1 aliphatic carbocycles. The molecule has 26 heavy (non-hydrogen) atoms. The van der Waals surface area contributed by atoms with Gasteiger partial charge in [-0.25, -0.2) is 13.1 Å². The minimum atomic E-state index is -3.39. The van der Waals surface area contributed by atoms with E-state index in [2.05, 4.69) is 15.4 Å². The molecule has 2 aliphatic rings. The molecule has 7 heteroatoms. The van der Waals surface area contributed by atoms with Crippen LogP contribution in [0.3, 0.4) is 0 Å². The molecule has 1 heterocycles. The molecule has 1 saturated heterocycles. The van der Waals surface area contributed by atoms with Gasteiger partial charge >= 0.3 is 0 Å². The number of nitrogens with one attached hydrogen (secondary N) is 3. The summed E-state index contributed by atoms with van der Waals surface area (Å²) >= 11 is 0. The van der Waals surface area contributed by atoms with Crippen LogP contribution in [0.15, 0.2) is 24.3 Å². The van der Waals surface area contributed by atoms with Crippen LogP contribution in [0.2, 0.25) is 0 Å². The van der Waals surface area contributed by atoms with Crippen molar-refractivity contribution in [3.63, 3.8) is 0 Å². The van der Waals surface area contributed by atoms with Crippen molar-refractivity contribution in [3.8, 4) is 0 Å². The van der Waals surface area contributed by atoms with Crippen molar-refractivity contribution in [3.05, 3.63) is 35.4 Å². The van der Waals surface area contributed by atoms with Crippen LogP contribution in [0, 0.1) is 11.3 Å². The summed E-state index contributed by atoms with van der Waals surface area (Å²) in [6.07, 6.45) is 3.12. The first-order valence-corrected chi connectivity index (χ1v) is 11.0. The topological polar surface area (TPSA) is 87.3 Å². The summed E-state index contributed by atoms with van der Waals surface area (Å²) < 4.78 is 27.0. The van der Waals surface area contributed by atoms with Crippen LogP contribution in [0.1, 0.15) is 44.2 Å². The Hall–Kier alpha value is -1.44. The molecule has 1 aromatic carbocycles. The lowest BCUT2D eigenvalue weighted by atomic mass is 9.92. The number of benzene rings is 1. The van der Waals surface area contributed by atoms with Gasteiger partial charge in [0, 0.05) is 18.5 Å². The highest BCUT2D eigenvalue weighted by atomic mass is 32.2. The van der Waals surface area contributed by atoms with Crippen LogP contribution in [0.4, 0.5) is 0 Å². The summed E-state index contributed by atoms with van der Waals surface area (Å²) in [5.41, 5.74) is 1.79. The van der Waals surface area contributed by atoms with E-state index in [4.69, 9.17) is 0 Å². The van der Waals surface area contributed by atoms with E-state index < -0.39 is 10.0 Å². The second kappa shape index (κ2) is 7.66. The van der Waals surface area contributed by atoms with Crippen molar-refractivity contribution in [2.75, 3.05) is 13.1 Å². The molecular weight excluding hydrogens is 350 g/mol. The van der Waals surface area contributed by atoms with Gasteiger partial charge in [-0.15, -0.1) is 0 Å². The Balaban J connectivity index is 1.59. The van der Waals surface area contributed by atoms with Crippen molar-refractivity contribution >= 4 is 15.9 Å². The zero-order valence-electron chi connectivity index (χ0n) is 15.5. The number of piperidine rings is 1. The lowest BCUT2D eigenvalue weighted by Gasteiger charge is -2.23. The molecule has 3 N–H and O–H groups in total. The third-order valence-electron chi connectivity index (χ3n) is 5.44. The van der Waals surface area contributed by atoms with Gasteiger partial charge < -0.3 is 10.6 Å². The van der Waals surface area contributed by atoms with E-state index in [1.54, 1.807) is 13.8 Å². The van der Waals surface area contributed by atoms with Gasteiger partial charge in [0.15, 0.2) is 0 Å². The average Bonchev–Trinajstić information content (AvgIpc) is 3.26. The van der Waals surface area contributed by atoms with Crippen molar-refractivity contribution < 1.29 is 13.2 Å². The van der Waals surface area contributed by atoms with E-state index in [9.17, 15) is 13.2 Å². The molecule has 0 bridgehead atoms. The molecule has 0 aromatic heterocycles. The second-order valence-electron chi connectivity index (χ2n) is 7.89. The summed E-state index contributed by atoms with van der Waals surface area (Å²) in [5, 5.41) is 6.37. The Labute approximate surface area is 156 Å². The third kappa shape index (κ3) is 4.64. The molecule has 1 aliphatic heterocycles. The molecule has 1 aromatic rings. The molecule has 1 spiro atoms. The first-order valence-electron chi connectivity index (χ1n) is 9.37. The van der Waals surface area contributed by atoms with Gasteiger partial charge in [0.1, 0.15) is 0 Å². The molecule has 2 fully saturated rings. The second-order valence-corrected chi connectivity index (χ2v) is 9.64. The van der Waals surface area contributed by atoms with E-state index >= 15 is 0 Å². The van der Waals surface area contributed by atoms with Gasteiger partial charge in [0.05, 0.1) is 5.75 Å². The van der Waals surface area contributed by atoms with Crippen LogP contribution in [0.25, 0.3) is 0 Å². The maximum absolute atomic E-state index is 12.5. The number of carbonyl (C=O) groups is 1. The fourth-order valence-electron chi connectivity index (χ4n) is 3.98. The van der Waals surface area contributed by atoms with Gasteiger partial charge in [-0.05, 0) is 62.7 Å². The van der Waals surface area contributed by atoms with Crippen molar-refractivity contribution in [2.24, 2.45) is 11.3 Å². The van der Waals surface area contributed by atoms with E-state index in [1.807, 2.05) is 24.3 Å². The normalized spacial score (nSPS) is 21.7. The molecule has 0 radical (unpaired) electrons. The van der Waals surface area contributed by atoms with Crippen molar-refractivity contribution in [1.82, 2.24) is 15.4 Å². The van der Waals surface area contributed by atoms with Gasteiger partial charge in [-0.3, -0.25) is 4.79 Å². The lowest BCUT2D eigenvalue weighted by Crippen LogP contribution is -2.34. The van der Waals surface area contributed by atoms with E-state index in [1.165, 1.54) is 0 Å². The summed E-state index contributed by atoms with van der Waals surface area (Å²) in [6, 6.07) is 7.26. The predicted octanol–water partition coefficient (Wildman–Crippen LogP) is 1.52. The van der Waals surface area contributed by atoms with Crippen molar-refractivity contribution in [1.29, 1.82) is 0 Å². The van der Waals surface area contributed by atoms with Crippen LogP contribution in [-0.2, 0) is 27.1 Å². The highest BCUT2D eigenvalue weighted by Gasteiger charge is 2.57.